The van der Waals surface area contributed by atoms with E-state index in [1.807, 2.05) is 0 Å². The maximum absolute atomic E-state index is 9.79. The molecule has 1 aliphatic heterocycles. The molecule has 1 fully saturated rings. The highest BCUT2D eigenvalue weighted by Crippen LogP contribution is 2.07. The number of likely N-dealkylation sites (tertiary alicyclic amines) is 1. The maximum atomic E-state index is 9.79. The monoisotopic (exact) mass is 246 g/mol. The van der Waals surface area contributed by atoms with Gasteiger partial charge < -0.3 is 25.2 Å². The molecule has 5 nitrogen and oxygen atoms in total. The summed E-state index contributed by atoms with van der Waals surface area (Å²) in [6.07, 6.45) is 2.44. The van der Waals surface area contributed by atoms with E-state index in [1.165, 1.54) is 12.8 Å². The zero-order chi connectivity index (χ0) is 12.5. The van der Waals surface area contributed by atoms with Crippen molar-refractivity contribution in [3.8, 4) is 0 Å². The quantitative estimate of drug-likeness (QED) is 0.476. The van der Waals surface area contributed by atoms with Crippen LogP contribution in [0, 0.1) is 0 Å². The van der Waals surface area contributed by atoms with Gasteiger partial charge in [-0.3, -0.25) is 0 Å². The first-order chi connectivity index (χ1) is 8.22. The van der Waals surface area contributed by atoms with E-state index < -0.39 is 6.10 Å². The summed E-state index contributed by atoms with van der Waals surface area (Å²) in [7, 11) is 1.58. The Morgan fingerprint density at radius 3 is 2.59 bits per heavy atom. The predicted octanol–water partition coefficient (Wildman–Crippen LogP) is -0.570. The second kappa shape index (κ2) is 8.83. The summed E-state index contributed by atoms with van der Waals surface area (Å²) >= 11 is 0. The highest BCUT2D eigenvalue weighted by molar-refractivity contribution is 4.71. The molecule has 3 N–H and O–H groups in total. The third-order valence-electron chi connectivity index (χ3n) is 3.06. The van der Waals surface area contributed by atoms with Gasteiger partial charge in [0, 0.05) is 20.2 Å². The topological polar surface area (TPSA) is 65.0 Å². The van der Waals surface area contributed by atoms with Crippen LogP contribution < -0.4 is 5.32 Å². The van der Waals surface area contributed by atoms with Crippen molar-refractivity contribution in [3.05, 3.63) is 0 Å². The lowest BCUT2D eigenvalue weighted by atomic mass is 10.2. The van der Waals surface area contributed by atoms with Gasteiger partial charge in [-0.25, -0.2) is 0 Å². The maximum Gasteiger partial charge on any atom is 0.0791 e. The number of aliphatic hydroxyl groups is 2. The Morgan fingerprint density at radius 1 is 1.24 bits per heavy atom. The molecule has 0 aromatic rings. The number of β-amino-alcohol motifs (C(OH)–C–C–N with tert-alkyl or cyclic N) is 1. The summed E-state index contributed by atoms with van der Waals surface area (Å²) in [4.78, 5) is 2.30. The van der Waals surface area contributed by atoms with Crippen molar-refractivity contribution in [1.29, 1.82) is 0 Å². The van der Waals surface area contributed by atoms with Crippen LogP contribution in [0.25, 0.3) is 0 Å². The van der Waals surface area contributed by atoms with Crippen molar-refractivity contribution in [2.24, 2.45) is 0 Å². The first-order valence-electron chi connectivity index (χ1n) is 6.50. The second-order valence-corrected chi connectivity index (χ2v) is 4.76. The molecule has 1 saturated heterocycles. The van der Waals surface area contributed by atoms with Crippen LogP contribution in [-0.2, 0) is 4.74 Å². The van der Waals surface area contributed by atoms with Gasteiger partial charge in [-0.2, -0.15) is 0 Å². The lowest BCUT2D eigenvalue weighted by molar-refractivity contribution is 0.0581. The van der Waals surface area contributed by atoms with Crippen LogP contribution in [0.3, 0.4) is 0 Å². The summed E-state index contributed by atoms with van der Waals surface area (Å²) in [5, 5.41) is 22.4. The van der Waals surface area contributed by atoms with Gasteiger partial charge in [-0.15, -0.1) is 0 Å². The van der Waals surface area contributed by atoms with E-state index >= 15 is 0 Å². The van der Waals surface area contributed by atoms with Crippen molar-refractivity contribution in [2.75, 3.05) is 46.4 Å². The largest absolute Gasteiger partial charge is 0.391 e. The molecule has 2 unspecified atom stereocenters. The molecule has 0 spiro atoms. The van der Waals surface area contributed by atoms with Crippen LogP contribution in [0.2, 0.25) is 0 Å². The molecule has 2 atom stereocenters. The van der Waals surface area contributed by atoms with Crippen molar-refractivity contribution >= 4 is 0 Å². The number of rotatable bonds is 9. The fourth-order valence-corrected chi connectivity index (χ4v) is 2.14. The summed E-state index contributed by atoms with van der Waals surface area (Å²) in [6, 6.07) is 0. The first-order valence-corrected chi connectivity index (χ1v) is 6.50. The molecule has 0 amide bonds. The number of aliphatic hydroxyl groups excluding tert-OH is 2. The van der Waals surface area contributed by atoms with E-state index in [1.54, 1.807) is 7.11 Å². The average Bonchev–Trinajstić information content (AvgIpc) is 2.77. The third kappa shape index (κ3) is 6.95. The Bertz CT molecular complexity index is 187. The SMILES string of the molecule is COCC(O)CCNCC(O)CN1CCCC1. The molecule has 5 heteroatoms. The number of ether oxygens (including phenoxy) is 1. The number of nitrogens with one attached hydrogen (secondary N) is 1. The molecule has 1 heterocycles. The van der Waals surface area contributed by atoms with E-state index in [0.29, 0.717) is 26.1 Å². The first kappa shape index (κ1) is 14.9. The Labute approximate surface area is 104 Å². The summed E-state index contributed by atoms with van der Waals surface area (Å²) in [5.74, 6) is 0. The highest BCUT2D eigenvalue weighted by Gasteiger charge is 2.15. The van der Waals surface area contributed by atoms with E-state index in [4.69, 9.17) is 4.74 Å². The minimum Gasteiger partial charge on any atom is -0.391 e. The highest BCUT2D eigenvalue weighted by atomic mass is 16.5. The Kier molecular flexibility index (Phi) is 7.72. The predicted molar refractivity (Wildman–Crippen MR) is 67.1 cm³/mol. The third-order valence-corrected chi connectivity index (χ3v) is 3.06. The zero-order valence-electron chi connectivity index (χ0n) is 10.8. The molecule has 0 radical (unpaired) electrons. The zero-order valence-corrected chi connectivity index (χ0v) is 10.8. The number of nitrogens with zero attached hydrogens (tertiary/aromatic N) is 1. The molecule has 1 aliphatic rings. The van der Waals surface area contributed by atoms with Crippen LogP contribution in [0.15, 0.2) is 0 Å². The van der Waals surface area contributed by atoms with E-state index in [-0.39, 0.29) is 6.10 Å². The van der Waals surface area contributed by atoms with Crippen molar-refractivity contribution in [2.45, 2.75) is 31.5 Å². The Hall–Kier alpha value is -0.200. The van der Waals surface area contributed by atoms with Gasteiger partial charge in [0.25, 0.3) is 0 Å². The smallest absolute Gasteiger partial charge is 0.0791 e. The van der Waals surface area contributed by atoms with Crippen LogP contribution >= 0.6 is 0 Å². The lowest BCUT2D eigenvalue weighted by Crippen LogP contribution is -2.38. The molecular formula is C12H26N2O3. The van der Waals surface area contributed by atoms with Crippen LogP contribution in [0.1, 0.15) is 19.3 Å². The van der Waals surface area contributed by atoms with Crippen molar-refractivity contribution in [3.63, 3.8) is 0 Å². The average molecular weight is 246 g/mol. The van der Waals surface area contributed by atoms with Gasteiger partial charge in [0.05, 0.1) is 18.8 Å². The van der Waals surface area contributed by atoms with Crippen LogP contribution in [0.5, 0.6) is 0 Å². The molecule has 102 valence electrons. The minimum atomic E-state index is -0.414. The van der Waals surface area contributed by atoms with E-state index in [9.17, 15) is 10.2 Å². The summed E-state index contributed by atoms with van der Waals surface area (Å²) in [5.41, 5.74) is 0. The molecule has 0 aliphatic carbocycles. The van der Waals surface area contributed by atoms with Gasteiger partial charge in [0.15, 0.2) is 0 Å². The number of methoxy groups -OCH3 is 1. The molecule has 0 aromatic carbocycles. The van der Waals surface area contributed by atoms with E-state index in [2.05, 4.69) is 10.2 Å². The van der Waals surface area contributed by atoms with Crippen LogP contribution in [-0.4, -0.2) is 73.8 Å². The van der Waals surface area contributed by atoms with Gasteiger partial charge in [0.1, 0.15) is 0 Å². The standard InChI is InChI=1S/C12H26N2O3/c1-17-10-11(15)4-5-13-8-12(16)9-14-6-2-3-7-14/h11-13,15-16H,2-10H2,1H3. The second-order valence-electron chi connectivity index (χ2n) is 4.76. The molecule has 0 aromatic heterocycles. The van der Waals surface area contributed by atoms with Crippen molar-refractivity contribution in [1.82, 2.24) is 10.2 Å². The molecule has 17 heavy (non-hydrogen) atoms. The van der Waals surface area contributed by atoms with Crippen molar-refractivity contribution < 1.29 is 14.9 Å². The summed E-state index contributed by atoms with van der Waals surface area (Å²) in [6.45, 7) is 4.66. The Balaban J connectivity index is 1.94. The van der Waals surface area contributed by atoms with Gasteiger partial charge in [-0.05, 0) is 38.9 Å². The van der Waals surface area contributed by atoms with E-state index in [0.717, 1.165) is 19.6 Å². The molecular weight excluding hydrogens is 220 g/mol. The van der Waals surface area contributed by atoms with Gasteiger partial charge in [-0.1, -0.05) is 0 Å². The molecule has 1 rings (SSSR count). The minimum absolute atomic E-state index is 0.312. The summed E-state index contributed by atoms with van der Waals surface area (Å²) < 4.78 is 4.84. The number of hydrogen-bond acceptors (Lipinski definition) is 5. The lowest BCUT2D eigenvalue weighted by Gasteiger charge is -2.19. The Morgan fingerprint density at radius 2 is 1.94 bits per heavy atom. The normalized spacial score (nSPS) is 20.6. The fraction of sp³-hybridized carbons (Fsp3) is 1.00. The van der Waals surface area contributed by atoms with Crippen LogP contribution in [0.4, 0.5) is 0 Å². The number of hydrogen-bond donors (Lipinski definition) is 3. The molecule has 0 bridgehead atoms. The molecule has 0 saturated carbocycles. The fourth-order valence-electron chi connectivity index (χ4n) is 2.14. The van der Waals surface area contributed by atoms with Gasteiger partial charge in [0.2, 0.25) is 0 Å². The van der Waals surface area contributed by atoms with Gasteiger partial charge >= 0.3 is 0 Å².